The molecule has 8 heteroatoms. The first-order valence-electron chi connectivity index (χ1n) is 10.9. The van der Waals surface area contributed by atoms with Gasteiger partial charge in [-0.15, -0.1) is 0 Å². The van der Waals surface area contributed by atoms with Crippen molar-refractivity contribution >= 4 is 17.5 Å². The highest BCUT2D eigenvalue weighted by Crippen LogP contribution is 2.35. The zero-order chi connectivity index (χ0) is 24.2. The normalized spacial score (nSPS) is 14.8. The van der Waals surface area contributed by atoms with E-state index in [1.807, 2.05) is 25.7 Å². The van der Waals surface area contributed by atoms with Gasteiger partial charge in [0.1, 0.15) is 11.5 Å². The number of anilines is 1. The SMILES string of the molecule is COc1ccc(-c2cc(NC(=O)C3CCN(C(=O)C(C)(C)C)CC3)ccc2OC(F)F)cc1. The lowest BCUT2D eigenvalue weighted by molar-refractivity contribution is -0.142. The van der Waals surface area contributed by atoms with Gasteiger partial charge in [0.15, 0.2) is 0 Å². The van der Waals surface area contributed by atoms with E-state index in [1.165, 1.54) is 6.07 Å². The average molecular weight is 461 g/mol. The van der Waals surface area contributed by atoms with Gasteiger partial charge in [0.25, 0.3) is 0 Å². The van der Waals surface area contributed by atoms with Crippen LogP contribution in [0.2, 0.25) is 0 Å². The van der Waals surface area contributed by atoms with Gasteiger partial charge < -0.3 is 19.7 Å². The number of nitrogens with one attached hydrogen (secondary N) is 1. The molecule has 1 fully saturated rings. The number of alkyl halides is 2. The van der Waals surface area contributed by atoms with E-state index in [2.05, 4.69) is 10.1 Å². The zero-order valence-corrected chi connectivity index (χ0v) is 19.4. The minimum absolute atomic E-state index is 0.0159. The fourth-order valence-corrected chi connectivity index (χ4v) is 3.87. The number of hydrogen-bond donors (Lipinski definition) is 1. The van der Waals surface area contributed by atoms with Crippen LogP contribution in [-0.4, -0.2) is 43.5 Å². The molecule has 0 aromatic heterocycles. The Hall–Kier alpha value is -3.16. The molecule has 0 saturated carbocycles. The molecule has 33 heavy (non-hydrogen) atoms. The number of likely N-dealkylation sites (tertiary alicyclic amines) is 1. The van der Waals surface area contributed by atoms with Gasteiger partial charge in [-0.2, -0.15) is 8.78 Å². The molecule has 2 aromatic rings. The third-order valence-electron chi connectivity index (χ3n) is 5.66. The number of hydrogen-bond acceptors (Lipinski definition) is 4. The molecule has 2 amide bonds. The average Bonchev–Trinajstić information content (AvgIpc) is 2.79. The monoisotopic (exact) mass is 460 g/mol. The maximum atomic E-state index is 12.9. The molecule has 1 heterocycles. The summed E-state index contributed by atoms with van der Waals surface area (Å²) < 4.78 is 35.7. The first kappa shape index (κ1) is 24.5. The van der Waals surface area contributed by atoms with Crippen molar-refractivity contribution in [3.63, 3.8) is 0 Å². The minimum atomic E-state index is -2.97. The summed E-state index contributed by atoms with van der Waals surface area (Å²) in [7, 11) is 1.54. The molecule has 1 N–H and O–H groups in total. The van der Waals surface area contributed by atoms with E-state index in [9.17, 15) is 18.4 Å². The third kappa shape index (κ3) is 6.21. The molecule has 1 aliphatic rings. The molecular weight excluding hydrogens is 430 g/mol. The molecule has 1 saturated heterocycles. The van der Waals surface area contributed by atoms with Crippen molar-refractivity contribution < 1.29 is 27.8 Å². The number of benzene rings is 2. The Kier molecular flexibility index (Phi) is 7.56. The van der Waals surface area contributed by atoms with Crippen LogP contribution in [0.3, 0.4) is 0 Å². The Morgan fingerprint density at radius 1 is 1.06 bits per heavy atom. The smallest absolute Gasteiger partial charge is 0.387 e. The Morgan fingerprint density at radius 2 is 1.70 bits per heavy atom. The third-order valence-corrected chi connectivity index (χ3v) is 5.66. The largest absolute Gasteiger partial charge is 0.497 e. The van der Waals surface area contributed by atoms with Crippen LogP contribution < -0.4 is 14.8 Å². The second-order valence-electron chi connectivity index (χ2n) is 9.12. The topological polar surface area (TPSA) is 67.9 Å². The quantitative estimate of drug-likeness (QED) is 0.645. The predicted molar refractivity (Wildman–Crippen MR) is 122 cm³/mol. The molecule has 1 aliphatic heterocycles. The lowest BCUT2D eigenvalue weighted by atomic mass is 9.90. The molecule has 2 aromatic carbocycles. The summed E-state index contributed by atoms with van der Waals surface area (Å²) in [5.74, 6) is 0.356. The van der Waals surface area contributed by atoms with Crippen LogP contribution in [0.25, 0.3) is 11.1 Å². The highest BCUT2D eigenvalue weighted by molar-refractivity contribution is 5.94. The lowest BCUT2D eigenvalue weighted by Gasteiger charge is -2.35. The highest BCUT2D eigenvalue weighted by atomic mass is 19.3. The second-order valence-corrected chi connectivity index (χ2v) is 9.12. The molecule has 0 radical (unpaired) electrons. The fraction of sp³-hybridized carbons (Fsp3) is 0.440. The van der Waals surface area contributed by atoms with E-state index in [0.717, 1.165) is 0 Å². The van der Waals surface area contributed by atoms with E-state index in [4.69, 9.17) is 4.74 Å². The van der Waals surface area contributed by atoms with Gasteiger partial charge in [-0.05, 0) is 48.7 Å². The number of ether oxygens (including phenoxy) is 2. The molecule has 0 unspecified atom stereocenters. The van der Waals surface area contributed by atoms with Crippen molar-refractivity contribution in [3.05, 3.63) is 42.5 Å². The summed E-state index contributed by atoms with van der Waals surface area (Å²) in [6.45, 7) is 3.75. The molecule has 3 rings (SSSR count). The number of carbonyl (C=O) groups is 2. The lowest BCUT2D eigenvalue weighted by Crippen LogP contribution is -2.45. The second kappa shape index (κ2) is 10.2. The summed E-state index contributed by atoms with van der Waals surface area (Å²) in [5.41, 5.74) is 1.12. The summed E-state index contributed by atoms with van der Waals surface area (Å²) in [6.07, 6.45) is 1.15. The molecule has 0 bridgehead atoms. The van der Waals surface area contributed by atoms with Gasteiger partial charge in [-0.3, -0.25) is 9.59 Å². The summed E-state index contributed by atoms with van der Waals surface area (Å²) in [5, 5.41) is 2.89. The van der Waals surface area contributed by atoms with Gasteiger partial charge in [0.2, 0.25) is 11.8 Å². The van der Waals surface area contributed by atoms with E-state index < -0.39 is 12.0 Å². The Balaban J connectivity index is 1.73. The van der Waals surface area contributed by atoms with Crippen LogP contribution in [0.4, 0.5) is 14.5 Å². The predicted octanol–water partition coefficient (Wildman–Crippen LogP) is 5.19. The van der Waals surface area contributed by atoms with Crippen LogP contribution in [0.1, 0.15) is 33.6 Å². The van der Waals surface area contributed by atoms with Crippen molar-refractivity contribution in [2.75, 3.05) is 25.5 Å². The number of halogens is 2. The van der Waals surface area contributed by atoms with Crippen molar-refractivity contribution in [3.8, 4) is 22.6 Å². The van der Waals surface area contributed by atoms with E-state index in [-0.39, 0.29) is 23.5 Å². The van der Waals surface area contributed by atoms with Gasteiger partial charge >= 0.3 is 6.61 Å². The number of carbonyl (C=O) groups excluding carboxylic acids is 2. The molecule has 6 nitrogen and oxygen atoms in total. The number of methoxy groups -OCH3 is 1. The van der Waals surface area contributed by atoms with Crippen LogP contribution in [-0.2, 0) is 9.59 Å². The zero-order valence-electron chi connectivity index (χ0n) is 19.4. The Labute approximate surface area is 192 Å². The van der Waals surface area contributed by atoms with Gasteiger partial charge in [0.05, 0.1) is 7.11 Å². The van der Waals surface area contributed by atoms with Crippen LogP contribution in [0, 0.1) is 11.3 Å². The number of amides is 2. The molecule has 178 valence electrons. The molecule has 0 aliphatic carbocycles. The van der Waals surface area contributed by atoms with Crippen molar-refractivity contribution in [1.82, 2.24) is 4.90 Å². The number of piperidine rings is 1. The van der Waals surface area contributed by atoms with Gasteiger partial charge in [-0.25, -0.2) is 0 Å². The maximum absolute atomic E-state index is 12.9. The highest BCUT2D eigenvalue weighted by Gasteiger charge is 2.32. The Morgan fingerprint density at radius 3 is 2.24 bits per heavy atom. The standard InChI is InChI=1S/C25H30F2N2O4/c1-25(2,3)23(31)29-13-11-17(12-14-29)22(30)28-18-7-10-21(33-24(26)27)20(15-18)16-5-8-19(32-4)9-6-16/h5-10,15,17,24H,11-14H2,1-4H3,(H,28,30). The first-order valence-corrected chi connectivity index (χ1v) is 10.9. The van der Waals surface area contributed by atoms with E-state index >= 15 is 0 Å². The Bertz CT molecular complexity index is 979. The summed E-state index contributed by atoms with van der Waals surface area (Å²) in [6, 6.07) is 11.5. The molecular formula is C25H30F2N2O4. The van der Waals surface area contributed by atoms with Crippen molar-refractivity contribution in [2.45, 2.75) is 40.2 Å². The number of nitrogens with zero attached hydrogens (tertiary/aromatic N) is 1. The fourth-order valence-electron chi connectivity index (χ4n) is 3.87. The van der Waals surface area contributed by atoms with Gasteiger partial charge in [0, 0.05) is 35.7 Å². The van der Waals surface area contributed by atoms with Crippen molar-refractivity contribution in [2.24, 2.45) is 11.3 Å². The molecule has 0 spiro atoms. The first-order chi connectivity index (χ1) is 15.6. The number of rotatable bonds is 6. The maximum Gasteiger partial charge on any atom is 0.387 e. The van der Waals surface area contributed by atoms with Crippen LogP contribution >= 0.6 is 0 Å². The van der Waals surface area contributed by atoms with E-state index in [0.29, 0.717) is 48.5 Å². The summed E-state index contributed by atoms with van der Waals surface area (Å²) in [4.78, 5) is 27.1. The van der Waals surface area contributed by atoms with E-state index in [1.54, 1.807) is 43.5 Å². The summed E-state index contributed by atoms with van der Waals surface area (Å²) >= 11 is 0. The van der Waals surface area contributed by atoms with Crippen LogP contribution in [0.5, 0.6) is 11.5 Å². The van der Waals surface area contributed by atoms with Crippen LogP contribution in [0.15, 0.2) is 42.5 Å². The van der Waals surface area contributed by atoms with Gasteiger partial charge in [-0.1, -0.05) is 32.9 Å². The minimum Gasteiger partial charge on any atom is -0.497 e. The van der Waals surface area contributed by atoms with Crippen molar-refractivity contribution in [1.29, 1.82) is 0 Å². The molecule has 0 atom stereocenters.